The van der Waals surface area contributed by atoms with Crippen LogP contribution in [0.15, 0.2) is 30.5 Å². The second kappa shape index (κ2) is 7.89. The van der Waals surface area contributed by atoms with Crippen LogP contribution in [0.1, 0.15) is 24.2 Å². The maximum atomic E-state index is 12.3. The zero-order valence-corrected chi connectivity index (χ0v) is 16.0. The summed E-state index contributed by atoms with van der Waals surface area (Å²) in [6.07, 6.45) is 0.284. The van der Waals surface area contributed by atoms with E-state index in [1.807, 2.05) is 6.92 Å². The SMILES string of the molecule is CCn1nnc2cc(C(=O)O[C@@H](C)C(=O)Nc3ncc(Cl)cc3Cl)ccc21. The van der Waals surface area contributed by atoms with Crippen molar-refractivity contribution in [2.45, 2.75) is 26.5 Å². The van der Waals surface area contributed by atoms with E-state index in [0.717, 1.165) is 5.52 Å². The van der Waals surface area contributed by atoms with Crippen LogP contribution in [-0.4, -0.2) is 38.0 Å². The lowest BCUT2D eigenvalue weighted by Crippen LogP contribution is -2.30. The number of pyridine rings is 1. The van der Waals surface area contributed by atoms with Crippen LogP contribution in [0.5, 0.6) is 0 Å². The molecule has 0 radical (unpaired) electrons. The minimum absolute atomic E-state index is 0.131. The van der Waals surface area contributed by atoms with Gasteiger partial charge in [0.15, 0.2) is 11.9 Å². The molecule has 3 aromatic rings. The molecule has 0 fully saturated rings. The molecule has 1 atom stereocenters. The second-order valence-electron chi connectivity index (χ2n) is 5.63. The number of benzene rings is 1. The first-order chi connectivity index (χ1) is 12.9. The number of aromatic nitrogens is 4. The Morgan fingerprint density at radius 1 is 1.30 bits per heavy atom. The number of amides is 1. The molecule has 1 amide bonds. The van der Waals surface area contributed by atoms with E-state index in [2.05, 4.69) is 20.6 Å². The summed E-state index contributed by atoms with van der Waals surface area (Å²) in [6, 6.07) is 6.35. The van der Waals surface area contributed by atoms with E-state index in [4.69, 9.17) is 27.9 Å². The summed E-state index contributed by atoms with van der Waals surface area (Å²) in [5.41, 5.74) is 1.65. The standard InChI is InChI=1S/C17H15Cl2N5O3/c1-3-24-14-5-4-10(6-13(14)22-23-24)17(26)27-9(2)16(25)21-15-12(19)7-11(18)8-20-15/h4-9H,3H2,1-2H3,(H,20,21,25)/t9-/m0/s1. The van der Waals surface area contributed by atoms with Crippen molar-refractivity contribution in [3.63, 3.8) is 0 Å². The van der Waals surface area contributed by atoms with Gasteiger partial charge in [-0.15, -0.1) is 5.10 Å². The molecule has 0 saturated heterocycles. The van der Waals surface area contributed by atoms with Crippen molar-refractivity contribution >= 4 is 51.9 Å². The third-order valence-electron chi connectivity index (χ3n) is 3.75. The van der Waals surface area contributed by atoms with E-state index < -0.39 is 18.0 Å². The van der Waals surface area contributed by atoms with Crippen molar-refractivity contribution in [2.75, 3.05) is 5.32 Å². The molecule has 2 aromatic heterocycles. The van der Waals surface area contributed by atoms with Crippen LogP contribution in [-0.2, 0) is 16.1 Å². The minimum atomic E-state index is -1.06. The van der Waals surface area contributed by atoms with E-state index in [9.17, 15) is 9.59 Å². The summed E-state index contributed by atoms with van der Waals surface area (Å²) in [5, 5.41) is 11.0. The van der Waals surface area contributed by atoms with Gasteiger partial charge >= 0.3 is 5.97 Å². The molecule has 3 rings (SSSR count). The van der Waals surface area contributed by atoms with Gasteiger partial charge in [0.2, 0.25) is 0 Å². The summed E-state index contributed by atoms with van der Waals surface area (Å²) in [4.78, 5) is 28.5. The molecule has 2 heterocycles. The van der Waals surface area contributed by atoms with Crippen LogP contribution in [0.4, 0.5) is 5.82 Å². The first kappa shape index (κ1) is 19.1. The maximum absolute atomic E-state index is 12.3. The number of fused-ring (bicyclic) bond motifs is 1. The van der Waals surface area contributed by atoms with Crippen LogP contribution in [0.2, 0.25) is 10.0 Å². The van der Waals surface area contributed by atoms with Gasteiger partial charge in [-0.1, -0.05) is 28.4 Å². The lowest BCUT2D eigenvalue weighted by Gasteiger charge is -2.13. The van der Waals surface area contributed by atoms with Gasteiger partial charge in [0.05, 0.1) is 21.1 Å². The molecule has 1 aromatic carbocycles. The molecule has 8 nitrogen and oxygen atoms in total. The summed E-state index contributed by atoms with van der Waals surface area (Å²) >= 11 is 11.7. The smallest absolute Gasteiger partial charge is 0.338 e. The number of nitrogens with zero attached hydrogens (tertiary/aromatic N) is 4. The van der Waals surface area contributed by atoms with Gasteiger partial charge in [-0.25, -0.2) is 14.5 Å². The van der Waals surface area contributed by atoms with Crippen LogP contribution < -0.4 is 5.32 Å². The predicted octanol–water partition coefficient (Wildman–Crippen LogP) is 3.34. The minimum Gasteiger partial charge on any atom is -0.449 e. The Bertz CT molecular complexity index is 1020. The molecule has 10 heteroatoms. The quantitative estimate of drug-likeness (QED) is 0.651. The van der Waals surface area contributed by atoms with E-state index >= 15 is 0 Å². The van der Waals surface area contributed by atoms with Crippen LogP contribution >= 0.6 is 23.2 Å². The van der Waals surface area contributed by atoms with Crippen molar-refractivity contribution < 1.29 is 14.3 Å². The summed E-state index contributed by atoms with van der Waals surface area (Å²) in [7, 11) is 0. The number of hydrogen-bond donors (Lipinski definition) is 1. The van der Waals surface area contributed by atoms with Gasteiger partial charge in [0, 0.05) is 12.7 Å². The van der Waals surface area contributed by atoms with Gasteiger partial charge in [-0.2, -0.15) is 0 Å². The van der Waals surface area contributed by atoms with Crippen molar-refractivity contribution in [1.29, 1.82) is 0 Å². The van der Waals surface area contributed by atoms with Crippen molar-refractivity contribution in [1.82, 2.24) is 20.0 Å². The van der Waals surface area contributed by atoms with Crippen molar-refractivity contribution in [2.24, 2.45) is 0 Å². The number of nitrogens with one attached hydrogen (secondary N) is 1. The number of hydrogen-bond acceptors (Lipinski definition) is 6. The third kappa shape index (κ3) is 4.17. The second-order valence-corrected chi connectivity index (χ2v) is 6.47. The average molecular weight is 408 g/mol. The number of aryl methyl sites for hydroxylation is 1. The Kier molecular flexibility index (Phi) is 5.57. The highest BCUT2D eigenvalue weighted by Crippen LogP contribution is 2.23. The maximum Gasteiger partial charge on any atom is 0.338 e. The molecule has 0 aliphatic heterocycles. The topological polar surface area (TPSA) is 99.0 Å². The number of esters is 1. The third-order valence-corrected chi connectivity index (χ3v) is 4.25. The number of carbonyl (C=O) groups excluding carboxylic acids is 2. The van der Waals surface area contributed by atoms with Crippen LogP contribution in [0, 0.1) is 0 Å². The van der Waals surface area contributed by atoms with Gasteiger partial charge in [-0.05, 0) is 38.1 Å². The molecule has 1 N–H and O–H groups in total. The first-order valence-corrected chi connectivity index (χ1v) is 8.80. The normalized spacial score (nSPS) is 12.0. The lowest BCUT2D eigenvalue weighted by atomic mass is 10.2. The van der Waals surface area contributed by atoms with Crippen LogP contribution in [0.25, 0.3) is 11.0 Å². The molecule has 27 heavy (non-hydrogen) atoms. The summed E-state index contributed by atoms with van der Waals surface area (Å²) in [6.45, 7) is 4.06. The Balaban J connectivity index is 1.68. The van der Waals surface area contributed by atoms with E-state index in [1.165, 1.54) is 19.2 Å². The number of ether oxygens (including phenoxy) is 1. The van der Waals surface area contributed by atoms with Gasteiger partial charge < -0.3 is 10.1 Å². The fourth-order valence-corrected chi connectivity index (χ4v) is 2.77. The lowest BCUT2D eigenvalue weighted by molar-refractivity contribution is -0.123. The number of carbonyl (C=O) groups is 2. The molecule has 0 saturated carbocycles. The highest BCUT2D eigenvalue weighted by atomic mass is 35.5. The fraction of sp³-hybridized carbons (Fsp3) is 0.235. The molecular formula is C17H15Cl2N5O3. The van der Waals surface area contributed by atoms with Crippen molar-refractivity contribution in [3.05, 3.63) is 46.1 Å². The molecule has 140 valence electrons. The summed E-state index contributed by atoms with van der Waals surface area (Å²) in [5.74, 6) is -1.09. The van der Waals surface area contributed by atoms with Crippen LogP contribution in [0.3, 0.4) is 0 Å². The van der Waals surface area contributed by atoms with Gasteiger partial charge in [-0.3, -0.25) is 4.79 Å². The number of halogens is 2. The first-order valence-electron chi connectivity index (χ1n) is 8.05. The highest BCUT2D eigenvalue weighted by Gasteiger charge is 2.21. The zero-order chi connectivity index (χ0) is 19.6. The van der Waals surface area contributed by atoms with Gasteiger partial charge in [0.25, 0.3) is 5.91 Å². The largest absolute Gasteiger partial charge is 0.449 e. The van der Waals surface area contributed by atoms with E-state index in [-0.39, 0.29) is 16.4 Å². The Morgan fingerprint density at radius 3 is 2.78 bits per heavy atom. The number of anilines is 1. The Labute approximate surface area is 164 Å². The Hall–Kier alpha value is -2.71. The average Bonchev–Trinajstić information content (AvgIpc) is 3.06. The predicted molar refractivity (Wildman–Crippen MR) is 101 cm³/mol. The van der Waals surface area contributed by atoms with Gasteiger partial charge in [0.1, 0.15) is 5.52 Å². The molecule has 0 aliphatic carbocycles. The fourth-order valence-electron chi connectivity index (χ4n) is 2.34. The molecular weight excluding hydrogens is 393 g/mol. The van der Waals surface area contributed by atoms with Crippen molar-refractivity contribution in [3.8, 4) is 0 Å². The molecule has 0 unspecified atom stereocenters. The van der Waals surface area contributed by atoms with E-state index in [1.54, 1.807) is 22.9 Å². The van der Waals surface area contributed by atoms with E-state index in [0.29, 0.717) is 17.1 Å². The molecule has 0 spiro atoms. The molecule has 0 bridgehead atoms. The monoisotopic (exact) mass is 407 g/mol. The summed E-state index contributed by atoms with van der Waals surface area (Å²) < 4.78 is 6.92. The molecule has 0 aliphatic rings. The zero-order valence-electron chi connectivity index (χ0n) is 14.4. The highest BCUT2D eigenvalue weighted by molar-refractivity contribution is 6.36. The Morgan fingerprint density at radius 2 is 2.07 bits per heavy atom. The number of rotatable bonds is 5.